The van der Waals surface area contributed by atoms with Crippen molar-refractivity contribution in [3.63, 3.8) is 0 Å². The van der Waals surface area contributed by atoms with Gasteiger partial charge in [0.15, 0.2) is 5.69 Å². The number of aromatic nitrogens is 2. The highest BCUT2D eigenvalue weighted by atomic mass is 32.1. The van der Waals surface area contributed by atoms with Gasteiger partial charge in [-0.25, -0.2) is 4.68 Å². The molecule has 1 N–H and O–H groups in total. The van der Waals surface area contributed by atoms with Crippen LogP contribution in [0.1, 0.15) is 33.2 Å². The molecule has 0 saturated heterocycles. The van der Waals surface area contributed by atoms with E-state index in [1.807, 2.05) is 35.8 Å². The van der Waals surface area contributed by atoms with Gasteiger partial charge in [-0.3, -0.25) is 4.79 Å². The lowest BCUT2D eigenvalue weighted by molar-refractivity contribution is -0.143. The standard InChI is InChI=1S/C20H21F3N4OS/c1-13-6-4-5-7-16(13)27-18(20(21,22)23)15(10-25-27)19(28)24-11-17(26(2)3)14-8-9-29-12-14/h4-10,12,17H,11H2,1-3H3,(H,24,28). The number of benzene rings is 1. The number of alkyl halides is 3. The minimum absolute atomic E-state index is 0.147. The molecule has 3 aromatic rings. The van der Waals surface area contributed by atoms with E-state index in [1.54, 1.807) is 25.1 Å². The summed E-state index contributed by atoms with van der Waals surface area (Å²) in [5.74, 6) is -0.806. The third-order valence-electron chi connectivity index (χ3n) is 4.63. The van der Waals surface area contributed by atoms with E-state index in [0.29, 0.717) is 5.56 Å². The normalized spacial score (nSPS) is 12.9. The summed E-state index contributed by atoms with van der Waals surface area (Å²) in [7, 11) is 3.71. The topological polar surface area (TPSA) is 50.2 Å². The van der Waals surface area contributed by atoms with Crippen LogP contribution in [0.2, 0.25) is 0 Å². The number of para-hydroxylation sites is 1. The second-order valence-corrected chi connectivity index (χ2v) is 7.63. The molecule has 29 heavy (non-hydrogen) atoms. The molecule has 1 unspecified atom stereocenters. The Labute approximate surface area is 170 Å². The van der Waals surface area contributed by atoms with E-state index in [2.05, 4.69) is 10.4 Å². The first kappa shape index (κ1) is 21.1. The molecular formula is C20H21F3N4OS. The van der Waals surface area contributed by atoms with Gasteiger partial charge in [0, 0.05) is 6.54 Å². The molecule has 154 valence electrons. The van der Waals surface area contributed by atoms with Crippen molar-refractivity contribution in [1.82, 2.24) is 20.0 Å². The predicted octanol–water partition coefficient (Wildman–Crippen LogP) is 4.29. The molecule has 0 spiro atoms. The van der Waals surface area contributed by atoms with Crippen LogP contribution in [0.5, 0.6) is 0 Å². The smallest absolute Gasteiger partial charge is 0.350 e. The van der Waals surface area contributed by atoms with Crippen LogP contribution in [0.4, 0.5) is 13.2 Å². The van der Waals surface area contributed by atoms with Crippen LogP contribution in [0, 0.1) is 6.92 Å². The third kappa shape index (κ3) is 4.51. The molecule has 0 bridgehead atoms. The molecule has 3 rings (SSSR count). The number of aryl methyl sites for hydroxylation is 1. The van der Waals surface area contributed by atoms with Crippen LogP contribution in [-0.2, 0) is 6.18 Å². The number of halogens is 3. The summed E-state index contributed by atoms with van der Waals surface area (Å²) in [4.78, 5) is 14.6. The number of nitrogens with zero attached hydrogens (tertiary/aromatic N) is 3. The molecule has 2 heterocycles. The molecule has 0 radical (unpaired) electrons. The number of rotatable bonds is 6. The fourth-order valence-corrected chi connectivity index (χ4v) is 3.83. The van der Waals surface area contributed by atoms with Crippen LogP contribution in [0.15, 0.2) is 47.3 Å². The van der Waals surface area contributed by atoms with Gasteiger partial charge in [0.2, 0.25) is 0 Å². The summed E-state index contributed by atoms with van der Waals surface area (Å²) in [6.07, 6.45) is -3.76. The Bertz CT molecular complexity index is 980. The molecule has 0 saturated carbocycles. The van der Waals surface area contributed by atoms with Crippen molar-refractivity contribution in [2.75, 3.05) is 20.6 Å². The van der Waals surface area contributed by atoms with E-state index in [0.717, 1.165) is 16.4 Å². The van der Waals surface area contributed by atoms with Gasteiger partial charge >= 0.3 is 6.18 Å². The molecule has 5 nitrogen and oxygen atoms in total. The summed E-state index contributed by atoms with van der Waals surface area (Å²) < 4.78 is 42.3. The van der Waals surface area contributed by atoms with Crippen molar-refractivity contribution in [3.8, 4) is 5.69 Å². The first-order chi connectivity index (χ1) is 13.7. The van der Waals surface area contributed by atoms with Crippen molar-refractivity contribution in [3.05, 3.63) is 69.7 Å². The number of hydrogen-bond donors (Lipinski definition) is 1. The number of carbonyl (C=O) groups excluding carboxylic acids is 1. The monoisotopic (exact) mass is 422 g/mol. The van der Waals surface area contributed by atoms with Crippen LogP contribution in [0.3, 0.4) is 0 Å². The number of amides is 1. The average molecular weight is 422 g/mol. The lowest BCUT2D eigenvalue weighted by atomic mass is 10.1. The lowest BCUT2D eigenvalue weighted by Crippen LogP contribution is -2.35. The van der Waals surface area contributed by atoms with E-state index in [4.69, 9.17) is 0 Å². The first-order valence-electron chi connectivity index (χ1n) is 8.88. The van der Waals surface area contributed by atoms with Gasteiger partial charge in [0.1, 0.15) is 0 Å². The zero-order valence-corrected chi connectivity index (χ0v) is 17.0. The number of likely N-dealkylation sites (N-methyl/N-ethyl adjacent to an activating group) is 1. The Hall–Kier alpha value is -2.65. The highest BCUT2D eigenvalue weighted by molar-refractivity contribution is 7.07. The zero-order valence-electron chi connectivity index (χ0n) is 16.2. The second kappa shape index (κ2) is 8.38. The second-order valence-electron chi connectivity index (χ2n) is 6.85. The van der Waals surface area contributed by atoms with Crippen molar-refractivity contribution in [2.45, 2.75) is 19.1 Å². The number of carbonyl (C=O) groups is 1. The number of nitrogens with one attached hydrogen (secondary N) is 1. The maximum absolute atomic E-state index is 13.8. The number of hydrogen-bond acceptors (Lipinski definition) is 4. The highest BCUT2D eigenvalue weighted by Crippen LogP contribution is 2.34. The van der Waals surface area contributed by atoms with Gasteiger partial charge in [-0.15, -0.1) is 0 Å². The van der Waals surface area contributed by atoms with E-state index < -0.39 is 23.3 Å². The lowest BCUT2D eigenvalue weighted by Gasteiger charge is -2.24. The predicted molar refractivity (Wildman–Crippen MR) is 106 cm³/mol. The molecule has 0 fully saturated rings. The van der Waals surface area contributed by atoms with Gasteiger partial charge in [-0.1, -0.05) is 18.2 Å². The SMILES string of the molecule is Cc1ccccc1-n1ncc(C(=O)NCC(c2ccsc2)N(C)C)c1C(F)(F)F. The molecular weight excluding hydrogens is 401 g/mol. The summed E-state index contributed by atoms with van der Waals surface area (Å²) in [5, 5.41) is 10.4. The van der Waals surface area contributed by atoms with E-state index in [1.165, 1.54) is 17.4 Å². The third-order valence-corrected chi connectivity index (χ3v) is 5.33. The van der Waals surface area contributed by atoms with E-state index >= 15 is 0 Å². The van der Waals surface area contributed by atoms with Gasteiger partial charge in [0.05, 0.1) is 23.5 Å². The Balaban J connectivity index is 1.90. The van der Waals surface area contributed by atoms with Crippen molar-refractivity contribution >= 4 is 17.2 Å². The minimum atomic E-state index is -4.74. The minimum Gasteiger partial charge on any atom is -0.350 e. The van der Waals surface area contributed by atoms with Gasteiger partial charge in [-0.05, 0) is 55.0 Å². The Kier molecular flexibility index (Phi) is 6.09. The maximum atomic E-state index is 13.8. The summed E-state index contributed by atoms with van der Waals surface area (Å²) in [5.41, 5.74) is 0.318. The van der Waals surface area contributed by atoms with Crippen LogP contribution in [0.25, 0.3) is 5.69 Å². The molecule has 0 aliphatic heterocycles. The molecule has 2 aromatic heterocycles. The van der Waals surface area contributed by atoms with Gasteiger partial charge in [-0.2, -0.15) is 29.6 Å². The summed E-state index contributed by atoms with van der Waals surface area (Å²) in [6, 6.07) is 8.38. The molecule has 1 aromatic carbocycles. The van der Waals surface area contributed by atoms with Crippen LogP contribution >= 0.6 is 11.3 Å². The van der Waals surface area contributed by atoms with Crippen LogP contribution < -0.4 is 5.32 Å². The molecule has 9 heteroatoms. The average Bonchev–Trinajstić information content (AvgIpc) is 3.31. The van der Waals surface area contributed by atoms with Crippen molar-refractivity contribution < 1.29 is 18.0 Å². The fourth-order valence-electron chi connectivity index (χ4n) is 3.12. The summed E-state index contributed by atoms with van der Waals surface area (Å²) >= 11 is 1.52. The quantitative estimate of drug-likeness (QED) is 0.645. The summed E-state index contributed by atoms with van der Waals surface area (Å²) in [6.45, 7) is 1.87. The molecule has 0 aliphatic rings. The Morgan fingerprint density at radius 2 is 2.00 bits per heavy atom. The van der Waals surface area contributed by atoms with Gasteiger partial charge in [0.25, 0.3) is 5.91 Å². The van der Waals surface area contributed by atoms with E-state index in [-0.39, 0.29) is 18.3 Å². The van der Waals surface area contributed by atoms with Crippen LogP contribution in [-0.4, -0.2) is 41.2 Å². The maximum Gasteiger partial charge on any atom is 0.434 e. The van der Waals surface area contributed by atoms with Gasteiger partial charge < -0.3 is 10.2 Å². The van der Waals surface area contributed by atoms with Crippen molar-refractivity contribution in [1.29, 1.82) is 0 Å². The molecule has 1 atom stereocenters. The van der Waals surface area contributed by atoms with E-state index in [9.17, 15) is 18.0 Å². The molecule has 0 aliphatic carbocycles. The Morgan fingerprint density at radius 1 is 1.28 bits per heavy atom. The largest absolute Gasteiger partial charge is 0.434 e. The Morgan fingerprint density at radius 3 is 2.59 bits per heavy atom. The number of thiophene rings is 1. The highest BCUT2D eigenvalue weighted by Gasteiger charge is 2.40. The zero-order chi connectivity index (χ0) is 21.2. The fraction of sp³-hybridized carbons (Fsp3) is 0.300. The first-order valence-corrected chi connectivity index (χ1v) is 9.82. The molecule has 1 amide bonds. The van der Waals surface area contributed by atoms with Crippen molar-refractivity contribution in [2.24, 2.45) is 0 Å².